The van der Waals surface area contributed by atoms with Crippen LogP contribution in [0.4, 0.5) is 5.69 Å². The van der Waals surface area contributed by atoms with Crippen molar-refractivity contribution >= 4 is 62.9 Å². The van der Waals surface area contributed by atoms with E-state index in [1.54, 1.807) is 12.1 Å². The third-order valence-corrected chi connectivity index (χ3v) is 5.28. The maximum atomic E-state index is 12.4. The van der Waals surface area contributed by atoms with E-state index in [0.29, 0.717) is 10.6 Å². The van der Waals surface area contributed by atoms with Gasteiger partial charge in [0.05, 0.1) is 10.6 Å². The van der Waals surface area contributed by atoms with Gasteiger partial charge in [-0.25, -0.2) is 0 Å². The molecular weight excluding hydrogens is 387 g/mol. The molecule has 1 aliphatic rings. The third-order valence-electron chi connectivity index (χ3n) is 4.53. The molecule has 3 aromatic carbocycles. The van der Waals surface area contributed by atoms with Crippen LogP contribution in [-0.2, 0) is 12.8 Å². The van der Waals surface area contributed by atoms with Crippen LogP contribution in [0.3, 0.4) is 0 Å². The van der Waals surface area contributed by atoms with Crippen molar-refractivity contribution in [3.05, 3.63) is 75.3 Å². The molecule has 0 bridgehead atoms. The monoisotopic (exact) mass is 400 g/mol. The summed E-state index contributed by atoms with van der Waals surface area (Å²) in [6, 6.07) is 15.1. The molecule has 1 aliphatic carbocycles. The van der Waals surface area contributed by atoms with Crippen molar-refractivity contribution < 1.29 is 4.79 Å². The maximum Gasteiger partial charge on any atom is 0.258 e. The van der Waals surface area contributed by atoms with Crippen molar-refractivity contribution in [3.8, 4) is 0 Å². The van der Waals surface area contributed by atoms with Gasteiger partial charge in [-0.3, -0.25) is 10.1 Å². The fourth-order valence-electron chi connectivity index (χ4n) is 3.35. The Morgan fingerprint density at radius 2 is 1.77 bits per heavy atom. The van der Waals surface area contributed by atoms with Crippen molar-refractivity contribution in [1.82, 2.24) is 5.32 Å². The molecule has 130 valence electrons. The highest BCUT2D eigenvalue weighted by Gasteiger charge is 2.17. The number of nitrogens with one attached hydrogen (secondary N) is 2. The number of benzene rings is 3. The van der Waals surface area contributed by atoms with Crippen LogP contribution < -0.4 is 10.6 Å². The topological polar surface area (TPSA) is 41.1 Å². The predicted octanol–water partition coefficient (Wildman–Crippen LogP) is 5.37. The van der Waals surface area contributed by atoms with E-state index in [4.69, 9.17) is 35.4 Å². The molecule has 3 aromatic rings. The van der Waals surface area contributed by atoms with Crippen molar-refractivity contribution in [2.45, 2.75) is 12.8 Å². The molecule has 0 saturated heterocycles. The first-order valence-electron chi connectivity index (χ1n) is 8.14. The van der Waals surface area contributed by atoms with Gasteiger partial charge in [0.15, 0.2) is 5.11 Å². The van der Waals surface area contributed by atoms with Crippen molar-refractivity contribution in [2.75, 3.05) is 5.32 Å². The standard InChI is InChI=1S/C20H14Cl2N2OS/c21-13-7-8-14(16(22)10-13)19(25)24-20(26)23-17-9-6-12-5-4-11-2-1-3-15(17)18(11)12/h1-3,6-10H,4-5H2,(H2,23,24,25,26). The Hall–Kier alpha value is -2.14. The molecule has 6 heteroatoms. The van der Waals surface area contributed by atoms with Crippen LogP contribution >= 0.6 is 35.4 Å². The molecule has 2 N–H and O–H groups in total. The van der Waals surface area contributed by atoms with Gasteiger partial charge >= 0.3 is 0 Å². The average molecular weight is 401 g/mol. The Morgan fingerprint density at radius 1 is 1.00 bits per heavy atom. The number of halogens is 2. The third kappa shape index (κ3) is 3.16. The molecule has 0 atom stereocenters. The molecule has 0 aliphatic heterocycles. The summed E-state index contributed by atoms with van der Waals surface area (Å²) in [4.78, 5) is 12.4. The zero-order chi connectivity index (χ0) is 18.3. The molecule has 0 fully saturated rings. The first-order chi connectivity index (χ1) is 12.5. The fourth-order valence-corrected chi connectivity index (χ4v) is 4.05. The van der Waals surface area contributed by atoms with Crippen LogP contribution in [0.2, 0.25) is 10.0 Å². The number of anilines is 1. The van der Waals surface area contributed by atoms with E-state index >= 15 is 0 Å². The van der Waals surface area contributed by atoms with Crippen LogP contribution in [0, 0.1) is 0 Å². The Kier molecular flexibility index (Phi) is 4.57. The zero-order valence-electron chi connectivity index (χ0n) is 13.6. The molecule has 0 heterocycles. The molecule has 0 aromatic heterocycles. The number of amides is 1. The Morgan fingerprint density at radius 3 is 2.54 bits per heavy atom. The van der Waals surface area contributed by atoms with Crippen LogP contribution in [0.15, 0.2) is 48.5 Å². The highest BCUT2D eigenvalue weighted by Crippen LogP contribution is 2.35. The second kappa shape index (κ2) is 6.88. The molecule has 0 unspecified atom stereocenters. The minimum Gasteiger partial charge on any atom is -0.332 e. The maximum absolute atomic E-state index is 12.4. The summed E-state index contributed by atoms with van der Waals surface area (Å²) in [5.74, 6) is -0.380. The minimum absolute atomic E-state index is 0.222. The number of hydrogen-bond donors (Lipinski definition) is 2. The van der Waals surface area contributed by atoms with Crippen molar-refractivity contribution in [3.63, 3.8) is 0 Å². The van der Waals surface area contributed by atoms with Crippen LogP contribution in [0.5, 0.6) is 0 Å². The smallest absolute Gasteiger partial charge is 0.258 e. The van der Waals surface area contributed by atoms with Gasteiger partial charge < -0.3 is 5.32 Å². The van der Waals surface area contributed by atoms with Gasteiger partial charge in [0.25, 0.3) is 5.91 Å². The Bertz CT molecular complexity index is 1050. The lowest BCUT2D eigenvalue weighted by atomic mass is 10.0. The molecular formula is C20H14Cl2N2OS. The summed E-state index contributed by atoms with van der Waals surface area (Å²) in [7, 11) is 0. The second-order valence-corrected chi connectivity index (χ2v) is 7.40. The van der Waals surface area contributed by atoms with Crippen LogP contribution in [0.25, 0.3) is 10.8 Å². The highest BCUT2D eigenvalue weighted by atomic mass is 35.5. The van der Waals surface area contributed by atoms with E-state index in [9.17, 15) is 4.79 Å². The Balaban J connectivity index is 1.56. The van der Waals surface area contributed by atoms with E-state index in [-0.39, 0.29) is 16.0 Å². The van der Waals surface area contributed by atoms with Gasteiger partial charge in [-0.1, -0.05) is 47.5 Å². The first-order valence-corrected chi connectivity index (χ1v) is 9.30. The lowest BCUT2D eigenvalue weighted by Gasteiger charge is -2.13. The quantitative estimate of drug-likeness (QED) is 0.567. The first kappa shape index (κ1) is 17.3. The molecule has 26 heavy (non-hydrogen) atoms. The molecule has 0 saturated carbocycles. The highest BCUT2D eigenvalue weighted by molar-refractivity contribution is 7.80. The van der Waals surface area contributed by atoms with E-state index in [1.807, 2.05) is 12.1 Å². The van der Waals surface area contributed by atoms with E-state index < -0.39 is 0 Å². The molecule has 0 spiro atoms. The van der Waals surface area contributed by atoms with Gasteiger partial charge in [0, 0.05) is 16.1 Å². The SMILES string of the molecule is O=C(NC(=S)Nc1ccc2c3c(cccc13)CC2)c1ccc(Cl)cc1Cl. The molecule has 1 amide bonds. The van der Waals surface area contributed by atoms with Gasteiger partial charge in [0.1, 0.15) is 0 Å². The number of rotatable bonds is 2. The number of carbonyl (C=O) groups excluding carboxylic acids is 1. The minimum atomic E-state index is -0.380. The lowest BCUT2D eigenvalue weighted by Crippen LogP contribution is -2.34. The van der Waals surface area contributed by atoms with Crippen LogP contribution in [-0.4, -0.2) is 11.0 Å². The lowest BCUT2D eigenvalue weighted by molar-refractivity contribution is 0.0978. The number of carbonyl (C=O) groups is 1. The normalized spacial score (nSPS) is 12.2. The number of thiocarbonyl (C=S) groups is 1. The fraction of sp³-hybridized carbons (Fsp3) is 0.100. The summed E-state index contributed by atoms with van der Waals surface area (Å²) in [5.41, 5.74) is 3.90. The summed E-state index contributed by atoms with van der Waals surface area (Å²) in [6.45, 7) is 0. The van der Waals surface area contributed by atoms with Gasteiger partial charge in [-0.15, -0.1) is 0 Å². The van der Waals surface area contributed by atoms with Crippen molar-refractivity contribution in [2.24, 2.45) is 0 Å². The summed E-state index contributed by atoms with van der Waals surface area (Å²) >= 11 is 17.3. The van der Waals surface area contributed by atoms with Crippen molar-refractivity contribution in [1.29, 1.82) is 0 Å². The number of aryl methyl sites for hydroxylation is 2. The molecule has 0 radical (unpaired) electrons. The Labute approximate surface area is 166 Å². The summed E-state index contributed by atoms with van der Waals surface area (Å²) < 4.78 is 0. The number of hydrogen-bond acceptors (Lipinski definition) is 2. The van der Waals surface area contributed by atoms with E-state index in [0.717, 1.165) is 23.9 Å². The largest absolute Gasteiger partial charge is 0.332 e. The van der Waals surface area contributed by atoms with E-state index in [1.165, 1.54) is 22.6 Å². The van der Waals surface area contributed by atoms with E-state index in [2.05, 4.69) is 28.8 Å². The van der Waals surface area contributed by atoms with Gasteiger partial charge in [0.2, 0.25) is 0 Å². The molecule has 4 rings (SSSR count). The average Bonchev–Trinajstić information content (AvgIpc) is 3.02. The summed E-state index contributed by atoms with van der Waals surface area (Å²) in [5, 5.41) is 9.17. The van der Waals surface area contributed by atoms with Crippen LogP contribution in [0.1, 0.15) is 21.5 Å². The second-order valence-electron chi connectivity index (χ2n) is 6.14. The molecule has 3 nitrogen and oxygen atoms in total. The predicted molar refractivity (Wildman–Crippen MR) is 112 cm³/mol. The van der Waals surface area contributed by atoms with Gasteiger partial charge in [-0.05, 0) is 65.8 Å². The summed E-state index contributed by atoms with van der Waals surface area (Å²) in [6.07, 6.45) is 2.12. The van der Waals surface area contributed by atoms with Gasteiger partial charge in [-0.2, -0.15) is 0 Å². The zero-order valence-corrected chi connectivity index (χ0v) is 15.9.